The van der Waals surface area contributed by atoms with Crippen LogP contribution in [0.15, 0.2) is 71.7 Å². The van der Waals surface area contributed by atoms with Crippen LogP contribution in [-0.4, -0.2) is 15.6 Å². The molecule has 0 spiro atoms. The SMILES string of the molecule is Cc1ccc(COn2cccc(C(=O)Nc3ccccc3[N+](=O)[O-])c2=O)cc1. The molecule has 8 nitrogen and oxygen atoms in total. The number of aryl methyl sites for hydroxylation is 1. The quantitative estimate of drug-likeness (QED) is 0.524. The Morgan fingerprint density at radius 3 is 2.54 bits per heavy atom. The summed E-state index contributed by atoms with van der Waals surface area (Å²) in [5.41, 5.74) is 0.868. The van der Waals surface area contributed by atoms with Gasteiger partial charge in [0.1, 0.15) is 17.9 Å². The maximum absolute atomic E-state index is 12.5. The summed E-state index contributed by atoms with van der Waals surface area (Å²) in [6.45, 7) is 2.11. The minimum atomic E-state index is -0.757. The first-order valence-corrected chi connectivity index (χ1v) is 8.41. The number of aromatic nitrogens is 1. The van der Waals surface area contributed by atoms with E-state index in [0.717, 1.165) is 15.9 Å². The zero-order chi connectivity index (χ0) is 20.1. The van der Waals surface area contributed by atoms with Gasteiger partial charge in [0, 0.05) is 12.3 Å². The predicted molar refractivity (Wildman–Crippen MR) is 103 cm³/mol. The van der Waals surface area contributed by atoms with Gasteiger partial charge in [0.2, 0.25) is 0 Å². The van der Waals surface area contributed by atoms with Gasteiger partial charge >= 0.3 is 0 Å². The number of nitrogens with zero attached hydrogens (tertiary/aromatic N) is 2. The normalized spacial score (nSPS) is 10.3. The number of amides is 1. The molecule has 1 N–H and O–H groups in total. The standard InChI is InChI=1S/C20H17N3O5/c1-14-8-10-15(11-9-14)13-28-22-12-4-5-16(20(22)25)19(24)21-17-6-2-3-7-18(17)23(26)27/h2-12H,13H2,1H3,(H,21,24). The van der Waals surface area contributed by atoms with Crippen molar-refractivity contribution in [2.45, 2.75) is 13.5 Å². The van der Waals surface area contributed by atoms with Crippen LogP contribution in [0.1, 0.15) is 21.5 Å². The second kappa shape index (κ2) is 8.17. The molecule has 0 fully saturated rings. The number of benzene rings is 2. The van der Waals surface area contributed by atoms with Gasteiger partial charge in [-0.1, -0.05) is 42.0 Å². The minimum Gasteiger partial charge on any atom is -0.406 e. The topological polar surface area (TPSA) is 103 Å². The Labute approximate surface area is 160 Å². The molecule has 2 aromatic carbocycles. The molecule has 8 heteroatoms. The van der Waals surface area contributed by atoms with E-state index in [9.17, 15) is 19.7 Å². The number of hydrogen-bond donors (Lipinski definition) is 1. The Morgan fingerprint density at radius 2 is 1.82 bits per heavy atom. The van der Waals surface area contributed by atoms with Gasteiger partial charge in [-0.15, -0.1) is 0 Å². The number of nitro benzene ring substituents is 1. The fourth-order valence-corrected chi connectivity index (χ4v) is 2.51. The lowest BCUT2D eigenvalue weighted by Gasteiger charge is -2.10. The van der Waals surface area contributed by atoms with Crippen molar-refractivity contribution in [3.8, 4) is 0 Å². The van der Waals surface area contributed by atoms with Crippen molar-refractivity contribution in [1.29, 1.82) is 0 Å². The van der Waals surface area contributed by atoms with Crippen molar-refractivity contribution in [1.82, 2.24) is 4.73 Å². The average Bonchev–Trinajstić information content (AvgIpc) is 2.68. The molecule has 1 heterocycles. The van der Waals surface area contributed by atoms with Crippen molar-refractivity contribution >= 4 is 17.3 Å². The third kappa shape index (κ3) is 4.24. The summed E-state index contributed by atoms with van der Waals surface area (Å²) in [4.78, 5) is 41.0. The van der Waals surface area contributed by atoms with Crippen molar-refractivity contribution < 1.29 is 14.6 Å². The predicted octanol–water partition coefficient (Wildman–Crippen LogP) is 2.95. The first-order valence-electron chi connectivity index (χ1n) is 8.41. The van der Waals surface area contributed by atoms with Crippen LogP contribution in [0.25, 0.3) is 0 Å². The fraction of sp³-hybridized carbons (Fsp3) is 0.100. The third-order valence-electron chi connectivity index (χ3n) is 4.00. The van der Waals surface area contributed by atoms with Gasteiger partial charge < -0.3 is 10.2 Å². The van der Waals surface area contributed by atoms with Crippen LogP contribution in [0.2, 0.25) is 0 Å². The monoisotopic (exact) mass is 379 g/mol. The first-order chi connectivity index (χ1) is 13.5. The molecule has 0 saturated carbocycles. The van der Waals surface area contributed by atoms with Gasteiger partial charge in [-0.05, 0) is 30.7 Å². The summed E-state index contributed by atoms with van der Waals surface area (Å²) in [7, 11) is 0. The lowest BCUT2D eigenvalue weighted by Crippen LogP contribution is -2.32. The maximum Gasteiger partial charge on any atom is 0.295 e. The summed E-state index contributed by atoms with van der Waals surface area (Å²) >= 11 is 0. The highest BCUT2D eigenvalue weighted by Crippen LogP contribution is 2.23. The lowest BCUT2D eigenvalue weighted by atomic mass is 10.2. The Kier molecular flexibility index (Phi) is 5.50. The van der Waals surface area contributed by atoms with Crippen molar-refractivity contribution in [3.63, 3.8) is 0 Å². The minimum absolute atomic E-state index is 0.00729. The van der Waals surface area contributed by atoms with Gasteiger partial charge in [-0.25, -0.2) is 0 Å². The van der Waals surface area contributed by atoms with Crippen LogP contribution in [0.4, 0.5) is 11.4 Å². The van der Waals surface area contributed by atoms with Gasteiger partial charge in [-0.2, -0.15) is 4.73 Å². The van der Waals surface area contributed by atoms with Crippen LogP contribution < -0.4 is 15.7 Å². The van der Waals surface area contributed by atoms with Crippen LogP contribution in [0.5, 0.6) is 0 Å². The first kappa shape index (κ1) is 18.8. The number of para-hydroxylation sites is 2. The van der Waals surface area contributed by atoms with E-state index in [1.807, 2.05) is 31.2 Å². The Balaban J connectivity index is 1.79. The average molecular weight is 379 g/mol. The van der Waals surface area contributed by atoms with E-state index in [-0.39, 0.29) is 23.5 Å². The third-order valence-corrected chi connectivity index (χ3v) is 4.00. The highest BCUT2D eigenvalue weighted by molar-refractivity contribution is 6.05. The zero-order valence-corrected chi connectivity index (χ0v) is 15.0. The maximum atomic E-state index is 12.5. The zero-order valence-electron chi connectivity index (χ0n) is 15.0. The fourth-order valence-electron chi connectivity index (χ4n) is 2.51. The number of nitrogens with one attached hydrogen (secondary N) is 1. The number of rotatable bonds is 6. The highest BCUT2D eigenvalue weighted by atomic mass is 16.7. The molecule has 0 unspecified atom stereocenters. The molecular formula is C20H17N3O5. The molecule has 0 aliphatic rings. The second-order valence-corrected chi connectivity index (χ2v) is 6.04. The Hall–Kier alpha value is -3.94. The van der Waals surface area contributed by atoms with E-state index in [1.54, 1.807) is 6.07 Å². The van der Waals surface area contributed by atoms with Crippen molar-refractivity contribution in [2.75, 3.05) is 5.32 Å². The summed E-state index contributed by atoms with van der Waals surface area (Å²) in [5, 5.41) is 13.5. The molecule has 1 amide bonds. The van der Waals surface area contributed by atoms with Crippen molar-refractivity contribution in [2.24, 2.45) is 0 Å². The summed E-state index contributed by atoms with van der Waals surface area (Å²) < 4.78 is 0.966. The summed E-state index contributed by atoms with van der Waals surface area (Å²) in [6.07, 6.45) is 1.40. The number of pyridine rings is 1. The molecule has 0 saturated heterocycles. The Bertz CT molecular complexity index is 1070. The van der Waals surface area contributed by atoms with E-state index in [1.165, 1.54) is 36.5 Å². The molecule has 0 atom stereocenters. The van der Waals surface area contributed by atoms with Crippen molar-refractivity contribution in [3.05, 3.63) is 104 Å². The number of nitro groups is 1. The van der Waals surface area contributed by atoms with Crippen LogP contribution in [-0.2, 0) is 6.61 Å². The van der Waals surface area contributed by atoms with E-state index < -0.39 is 16.4 Å². The highest BCUT2D eigenvalue weighted by Gasteiger charge is 2.18. The smallest absolute Gasteiger partial charge is 0.295 e. The van der Waals surface area contributed by atoms with Gasteiger partial charge in [-0.3, -0.25) is 19.7 Å². The molecule has 0 aliphatic carbocycles. The summed E-state index contributed by atoms with van der Waals surface area (Å²) in [6, 6.07) is 16.1. The van der Waals surface area contributed by atoms with E-state index in [2.05, 4.69) is 5.32 Å². The van der Waals surface area contributed by atoms with E-state index >= 15 is 0 Å². The van der Waals surface area contributed by atoms with Crippen LogP contribution in [0.3, 0.4) is 0 Å². The van der Waals surface area contributed by atoms with Crippen LogP contribution >= 0.6 is 0 Å². The number of carbonyl (C=O) groups is 1. The van der Waals surface area contributed by atoms with Gasteiger partial charge in [0.15, 0.2) is 0 Å². The summed E-state index contributed by atoms with van der Waals surface area (Å²) in [5.74, 6) is -0.757. The van der Waals surface area contributed by atoms with Gasteiger partial charge in [0.05, 0.1) is 4.92 Å². The number of anilines is 1. The second-order valence-electron chi connectivity index (χ2n) is 6.04. The van der Waals surface area contributed by atoms with E-state index in [4.69, 9.17) is 4.84 Å². The molecule has 3 rings (SSSR count). The molecule has 142 valence electrons. The molecule has 0 bridgehead atoms. The molecular weight excluding hydrogens is 362 g/mol. The number of carbonyl (C=O) groups excluding carboxylic acids is 1. The molecule has 28 heavy (non-hydrogen) atoms. The molecule has 3 aromatic rings. The number of hydrogen-bond acceptors (Lipinski definition) is 5. The van der Waals surface area contributed by atoms with Crippen LogP contribution in [0, 0.1) is 17.0 Å². The Morgan fingerprint density at radius 1 is 1.11 bits per heavy atom. The molecule has 0 radical (unpaired) electrons. The molecule has 1 aromatic heterocycles. The van der Waals surface area contributed by atoms with E-state index in [0.29, 0.717) is 0 Å². The van der Waals surface area contributed by atoms with Gasteiger partial charge in [0.25, 0.3) is 17.2 Å². The molecule has 0 aliphatic heterocycles. The largest absolute Gasteiger partial charge is 0.406 e. The lowest BCUT2D eigenvalue weighted by molar-refractivity contribution is -0.383.